The normalized spacial score (nSPS) is 11.3. The Labute approximate surface area is 197 Å². The lowest BCUT2D eigenvalue weighted by Gasteiger charge is -2.20. The summed E-state index contributed by atoms with van der Waals surface area (Å²) in [5, 5.41) is 13.3. The summed E-state index contributed by atoms with van der Waals surface area (Å²) >= 11 is 5.73. The van der Waals surface area contributed by atoms with Crippen LogP contribution in [0.4, 0.5) is 10.1 Å². The first kappa shape index (κ1) is 26.2. The molecule has 1 unspecified atom stereocenters. The van der Waals surface area contributed by atoms with E-state index >= 15 is 0 Å². The minimum absolute atomic E-state index is 0.0868. The van der Waals surface area contributed by atoms with Crippen LogP contribution in [0.3, 0.4) is 0 Å². The molecule has 0 spiro atoms. The largest absolute Gasteiger partial charge is 0.454 e. The maximum atomic E-state index is 12.9. The number of nitrogens with zero attached hydrogens (tertiary/aromatic N) is 1. The van der Waals surface area contributed by atoms with Crippen molar-refractivity contribution >= 4 is 41.0 Å². The fourth-order valence-corrected chi connectivity index (χ4v) is 2.77. The van der Waals surface area contributed by atoms with Gasteiger partial charge in [-0.15, -0.1) is 0 Å². The van der Waals surface area contributed by atoms with Crippen molar-refractivity contribution in [3.8, 4) is 0 Å². The molecule has 2 aromatic rings. The summed E-state index contributed by atoms with van der Waals surface area (Å²) in [6.45, 7) is 2.45. The van der Waals surface area contributed by atoms with E-state index in [1.807, 2.05) is 5.43 Å². The number of hydrogen-bond donors (Lipinski definition) is 3. The second-order valence-electron chi connectivity index (χ2n) is 7.24. The van der Waals surface area contributed by atoms with Crippen LogP contribution in [-0.2, 0) is 14.3 Å². The van der Waals surface area contributed by atoms with E-state index in [2.05, 4.69) is 10.7 Å². The number of nitrogens with one attached hydrogen (secondary N) is 3. The Kier molecular flexibility index (Phi) is 9.01. The van der Waals surface area contributed by atoms with Gasteiger partial charge in [-0.1, -0.05) is 25.4 Å². The number of hydrogen-bond acceptors (Lipinski definition) is 7. The highest BCUT2D eigenvalue weighted by Gasteiger charge is 2.27. The Morgan fingerprint density at radius 3 is 2.24 bits per heavy atom. The number of nitro groups is 1. The number of nitro benzene ring substituents is 1. The topological polar surface area (TPSA) is 157 Å². The fraction of sp³-hybridized carbons (Fsp3) is 0.238. The number of carbonyl (C=O) groups is 4. The highest BCUT2D eigenvalue weighted by atomic mass is 35.5. The average molecular weight is 495 g/mol. The van der Waals surface area contributed by atoms with Crippen LogP contribution in [-0.4, -0.2) is 41.3 Å². The van der Waals surface area contributed by atoms with Crippen molar-refractivity contribution in [2.75, 3.05) is 6.61 Å². The molecule has 0 bridgehead atoms. The van der Waals surface area contributed by atoms with Gasteiger partial charge in [0, 0.05) is 17.2 Å². The fourth-order valence-electron chi connectivity index (χ4n) is 2.58. The molecule has 2 rings (SSSR count). The number of hydrazine groups is 1. The van der Waals surface area contributed by atoms with Crippen LogP contribution in [0.5, 0.6) is 0 Å². The molecule has 13 heteroatoms. The standard InChI is InChI=1S/C21H20ClFN4O7/c1-11(2)18(24-19(29)13-5-8-15(22)16(9-13)27(32)33)21(31)34-10-17(28)25-26-20(30)12-3-6-14(23)7-4-12/h3-9,11,18H,10H2,1-2H3,(H,24,29)(H,25,28)(H,26,30). The van der Waals surface area contributed by atoms with Crippen LogP contribution >= 0.6 is 11.6 Å². The molecule has 1 atom stereocenters. The highest BCUT2D eigenvalue weighted by Crippen LogP contribution is 2.25. The van der Waals surface area contributed by atoms with Gasteiger partial charge in [0.05, 0.1) is 4.92 Å². The van der Waals surface area contributed by atoms with Gasteiger partial charge >= 0.3 is 5.97 Å². The summed E-state index contributed by atoms with van der Waals surface area (Å²) in [6.07, 6.45) is 0. The average Bonchev–Trinajstić information content (AvgIpc) is 2.79. The maximum Gasteiger partial charge on any atom is 0.329 e. The van der Waals surface area contributed by atoms with Gasteiger partial charge in [0.25, 0.3) is 23.4 Å². The van der Waals surface area contributed by atoms with Gasteiger partial charge in [0.1, 0.15) is 16.9 Å². The Bertz CT molecular complexity index is 1110. The molecule has 0 aromatic heterocycles. The Balaban J connectivity index is 1.92. The first-order valence-corrected chi connectivity index (χ1v) is 10.1. The number of esters is 1. The Hall–Kier alpha value is -4.06. The molecule has 0 saturated carbocycles. The summed E-state index contributed by atoms with van der Waals surface area (Å²) in [7, 11) is 0. The molecule has 0 aliphatic heterocycles. The van der Waals surface area contributed by atoms with Crippen molar-refractivity contribution in [3.63, 3.8) is 0 Å². The summed E-state index contributed by atoms with van der Waals surface area (Å²) < 4.78 is 17.8. The van der Waals surface area contributed by atoms with Crippen LogP contribution in [0, 0.1) is 21.8 Å². The molecule has 2 aromatic carbocycles. The molecule has 3 amide bonds. The Morgan fingerprint density at radius 2 is 1.65 bits per heavy atom. The number of halogens is 2. The van der Waals surface area contributed by atoms with E-state index in [4.69, 9.17) is 16.3 Å². The van der Waals surface area contributed by atoms with Gasteiger partial charge in [-0.25, -0.2) is 9.18 Å². The third-order valence-corrected chi connectivity index (χ3v) is 4.70. The van der Waals surface area contributed by atoms with Gasteiger partial charge in [0.15, 0.2) is 6.61 Å². The summed E-state index contributed by atoms with van der Waals surface area (Å²) in [5.74, 6) is -4.30. The lowest BCUT2D eigenvalue weighted by atomic mass is 10.0. The van der Waals surface area contributed by atoms with Crippen molar-refractivity contribution < 1.29 is 33.2 Å². The summed E-state index contributed by atoms with van der Waals surface area (Å²) in [6, 6.07) is 6.79. The van der Waals surface area contributed by atoms with Crippen LogP contribution in [0.1, 0.15) is 34.6 Å². The van der Waals surface area contributed by atoms with Crippen molar-refractivity contribution in [2.24, 2.45) is 5.92 Å². The van der Waals surface area contributed by atoms with Gasteiger partial charge in [-0.3, -0.25) is 35.3 Å². The van der Waals surface area contributed by atoms with Gasteiger partial charge in [-0.2, -0.15) is 0 Å². The van der Waals surface area contributed by atoms with E-state index in [-0.39, 0.29) is 16.1 Å². The minimum atomic E-state index is -1.18. The summed E-state index contributed by atoms with van der Waals surface area (Å²) in [4.78, 5) is 58.9. The van der Waals surface area contributed by atoms with E-state index in [1.165, 1.54) is 24.3 Å². The first-order chi connectivity index (χ1) is 16.0. The zero-order valence-corrected chi connectivity index (χ0v) is 18.7. The van der Waals surface area contributed by atoms with Crippen LogP contribution in [0.2, 0.25) is 5.02 Å². The molecule has 3 N–H and O–H groups in total. The molecule has 0 fully saturated rings. The first-order valence-electron chi connectivity index (χ1n) is 9.75. The number of ether oxygens (including phenoxy) is 1. The third-order valence-electron chi connectivity index (χ3n) is 4.38. The van der Waals surface area contributed by atoms with Crippen molar-refractivity contribution in [1.29, 1.82) is 0 Å². The number of rotatable bonds is 8. The molecule has 0 saturated heterocycles. The SMILES string of the molecule is CC(C)C(NC(=O)c1ccc(Cl)c([N+](=O)[O-])c1)C(=O)OCC(=O)NNC(=O)c1ccc(F)cc1. The van der Waals surface area contributed by atoms with Gasteiger partial charge in [0.2, 0.25) is 0 Å². The molecular formula is C21H20ClFN4O7. The van der Waals surface area contributed by atoms with E-state index in [1.54, 1.807) is 13.8 Å². The van der Waals surface area contributed by atoms with E-state index < -0.39 is 58.7 Å². The van der Waals surface area contributed by atoms with Crippen molar-refractivity contribution in [2.45, 2.75) is 19.9 Å². The molecular weight excluding hydrogens is 475 g/mol. The second-order valence-corrected chi connectivity index (χ2v) is 7.64. The van der Waals surface area contributed by atoms with Crippen molar-refractivity contribution in [3.05, 3.63) is 74.5 Å². The number of amides is 3. The molecule has 11 nitrogen and oxygen atoms in total. The van der Waals surface area contributed by atoms with Crippen LogP contribution < -0.4 is 16.2 Å². The van der Waals surface area contributed by atoms with E-state index in [9.17, 15) is 33.7 Å². The molecule has 0 aliphatic rings. The van der Waals surface area contributed by atoms with Gasteiger partial charge < -0.3 is 10.1 Å². The van der Waals surface area contributed by atoms with Crippen LogP contribution in [0.25, 0.3) is 0 Å². The zero-order chi connectivity index (χ0) is 25.4. The molecule has 180 valence electrons. The van der Waals surface area contributed by atoms with E-state index in [0.29, 0.717) is 0 Å². The number of carbonyl (C=O) groups excluding carboxylic acids is 4. The predicted molar refractivity (Wildman–Crippen MR) is 117 cm³/mol. The lowest BCUT2D eigenvalue weighted by molar-refractivity contribution is -0.384. The highest BCUT2D eigenvalue weighted by molar-refractivity contribution is 6.32. The number of benzene rings is 2. The Morgan fingerprint density at radius 1 is 1.03 bits per heavy atom. The minimum Gasteiger partial charge on any atom is -0.454 e. The molecule has 0 aliphatic carbocycles. The quantitative estimate of drug-likeness (QED) is 0.288. The second kappa shape index (κ2) is 11.7. The molecule has 0 heterocycles. The van der Waals surface area contributed by atoms with Crippen LogP contribution in [0.15, 0.2) is 42.5 Å². The lowest BCUT2D eigenvalue weighted by Crippen LogP contribution is -2.47. The van der Waals surface area contributed by atoms with Crippen molar-refractivity contribution in [1.82, 2.24) is 16.2 Å². The zero-order valence-electron chi connectivity index (χ0n) is 18.0. The molecule has 34 heavy (non-hydrogen) atoms. The molecule has 0 radical (unpaired) electrons. The third kappa shape index (κ3) is 7.24. The predicted octanol–water partition coefficient (Wildman–Crippen LogP) is 2.15. The monoisotopic (exact) mass is 494 g/mol. The van der Waals surface area contributed by atoms with E-state index in [0.717, 1.165) is 18.2 Å². The summed E-state index contributed by atoms with van der Waals surface area (Å²) in [5.41, 5.74) is 3.62. The van der Waals surface area contributed by atoms with Gasteiger partial charge in [-0.05, 0) is 42.3 Å². The maximum absolute atomic E-state index is 12.9. The smallest absolute Gasteiger partial charge is 0.329 e.